The van der Waals surface area contributed by atoms with Crippen LogP contribution >= 0.6 is 0 Å². The molecule has 0 saturated heterocycles. The summed E-state index contributed by atoms with van der Waals surface area (Å²) in [6.45, 7) is 3.95. The van der Waals surface area contributed by atoms with Crippen molar-refractivity contribution in [3.63, 3.8) is 0 Å². The van der Waals surface area contributed by atoms with Gasteiger partial charge in [-0.15, -0.1) is 0 Å². The van der Waals surface area contributed by atoms with Crippen molar-refractivity contribution in [2.75, 3.05) is 0 Å². The number of carbonyl (C=O) groups is 1. The van der Waals surface area contributed by atoms with Crippen LogP contribution in [-0.2, 0) is 4.79 Å². The third kappa shape index (κ3) is 2.91. The number of hydrogen-bond donors (Lipinski definition) is 0. The van der Waals surface area contributed by atoms with Crippen LogP contribution in [0.3, 0.4) is 0 Å². The topological polar surface area (TPSA) is 17.1 Å². The SMILES string of the molecule is C=Cc1ccccc1-c1cc(C2CCCCC2=O)c2ccccc2c1. The maximum atomic E-state index is 12.6. The van der Waals surface area contributed by atoms with Crippen LogP contribution in [0.25, 0.3) is 28.0 Å². The third-order valence-corrected chi connectivity index (χ3v) is 5.32. The van der Waals surface area contributed by atoms with E-state index in [-0.39, 0.29) is 5.92 Å². The van der Waals surface area contributed by atoms with Crippen LogP contribution in [0.15, 0.2) is 67.2 Å². The van der Waals surface area contributed by atoms with E-state index in [1.807, 2.05) is 12.1 Å². The predicted molar refractivity (Wildman–Crippen MR) is 106 cm³/mol. The van der Waals surface area contributed by atoms with Gasteiger partial charge in [0.2, 0.25) is 0 Å². The Morgan fingerprint density at radius 1 is 0.960 bits per heavy atom. The van der Waals surface area contributed by atoms with Gasteiger partial charge in [-0.2, -0.15) is 0 Å². The average molecular weight is 326 g/mol. The van der Waals surface area contributed by atoms with Crippen molar-refractivity contribution >= 4 is 22.6 Å². The predicted octanol–water partition coefficient (Wildman–Crippen LogP) is 6.38. The number of fused-ring (bicyclic) bond motifs is 1. The highest BCUT2D eigenvalue weighted by molar-refractivity contribution is 5.97. The fourth-order valence-corrected chi connectivity index (χ4v) is 4.03. The number of Topliss-reactive ketones (excluding diaryl/α,β-unsaturated/α-hetero) is 1. The molecule has 1 atom stereocenters. The Morgan fingerprint density at radius 2 is 1.76 bits per heavy atom. The summed E-state index contributed by atoms with van der Waals surface area (Å²) >= 11 is 0. The van der Waals surface area contributed by atoms with Crippen molar-refractivity contribution < 1.29 is 4.79 Å². The van der Waals surface area contributed by atoms with Crippen molar-refractivity contribution in [1.82, 2.24) is 0 Å². The van der Waals surface area contributed by atoms with E-state index >= 15 is 0 Å². The average Bonchev–Trinajstić information content (AvgIpc) is 2.67. The second kappa shape index (κ2) is 6.68. The molecule has 0 spiro atoms. The van der Waals surface area contributed by atoms with Gasteiger partial charge in [0, 0.05) is 12.3 Å². The molecule has 1 aliphatic rings. The van der Waals surface area contributed by atoms with Crippen LogP contribution in [0.4, 0.5) is 0 Å². The zero-order chi connectivity index (χ0) is 17.2. The molecule has 25 heavy (non-hydrogen) atoms. The first-order valence-corrected chi connectivity index (χ1v) is 9.05. The summed E-state index contributed by atoms with van der Waals surface area (Å²) in [5.74, 6) is 0.431. The molecule has 0 amide bonds. The Bertz CT molecular complexity index is 951. The van der Waals surface area contributed by atoms with Crippen molar-refractivity contribution in [2.24, 2.45) is 0 Å². The quantitative estimate of drug-likeness (QED) is 0.546. The van der Waals surface area contributed by atoms with Gasteiger partial charge in [-0.3, -0.25) is 4.79 Å². The highest BCUT2D eigenvalue weighted by Crippen LogP contribution is 2.38. The third-order valence-electron chi connectivity index (χ3n) is 5.32. The lowest BCUT2D eigenvalue weighted by molar-refractivity contribution is -0.121. The Balaban J connectivity index is 1.95. The van der Waals surface area contributed by atoms with Crippen molar-refractivity contribution in [3.8, 4) is 11.1 Å². The summed E-state index contributed by atoms with van der Waals surface area (Å²) in [6, 6.07) is 21.2. The molecule has 4 rings (SSSR count). The fourth-order valence-electron chi connectivity index (χ4n) is 4.03. The first-order chi connectivity index (χ1) is 12.3. The first-order valence-electron chi connectivity index (χ1n) is 9.05. The summed E-state index contributed by atoms with van der Waals surface area (Å²) in [5.41, 5.74) is 4.66. The van der Waals surface area contributed by atoms with Crippen LogP contribution < -0.4 is 0 Å². The van der Waals surface area contributed by atoms with Crippen LogP contribution in [0.5, 0.6) is 0 Å². The first kappa shape index (κ1) is 15.8. The largest absolute Gasteiger partial charge is 0.299 e. The Hall–Kier alpha value is -2.67. The van der Waals surface area contributed by atoms with Gasteiger partial charge in [0.15, 0.2) is 0 Å². The molecule has 0 N–H and O–H groups in total. The highest BCUT2D eigenvalue weighted by Gasteiger charge is 2.25. The summed E-state index contributed by atoms with van der Waals surface area (Å²) in [6.07, 6.45) is 5.75. The van der Waals surface area contributed by atoms with Crippen LogP contribution in [0.1, 0.15) is 42.7 Å². The molecule has 0 aliphatic heterocycles. The Labute approximate surface area is 149 Å². The lowest BCUT2D eigenvalue weighted by Crippen LogP contribution is -2.17. The Kier molecular flexibility index (Phi) is 4.23. The smallest absolute Gasteiger partial charge is 0.140 e. The molecule has 3 aromatic rings. The minimum absolute atomic E-state index is 0.0366. The Morgan fingerprint density at radius 3 is 2.60 bits per heavy atom. The standard InChI is InChI=1S/C24H22O/c1-2-17-9-3-5-11-20(17)19-15-18-10-4-6-12-21(18)23(16-19)22-13-7-8-14-24(22)25/h2-6,9-12,15-16,22H,1,7-8,13-14H2. The molecule has 1 fully saturated rings. The molecule has 3 aromatic carbocycles. The summed E-state index contributed by atoms with van der Waals surface area (Å²) in [4.78, 5) is 12.6. The van der Waals surface area contributed by atoms with E-state index in [1.165, 1.54) is 27.5 Å². The number of carbonyl (C=O) groups excluding carboxylic acids is 1. The van der Waals surface area contributed by atoms with Gasteiger partial charge in [-0.25, -0.2) is 0 Å². The lowest BCUT2D eigenvalue weighted by Gasteiger charge is -2.23. The minimum atomic E-state index is 0.0366. The second-order valence-electron chi connectivity index (χ2n) is 6.84. The molecule has 1 aliphatic carbocycles. The summed E-state index contributed by atoms with van der Waals surface area (Å²) in [5, 5.41) is 2.41. The minimum Gasteiger partial charge on any atom is -0.299 e. The molecule has 124 valence electrons. The van der Waals surface area contributed by atoms with Crippen molar-refractivity contribution in [2.45, 2.75) is 31.6 Å². The fraction of sp³-hybridized carbons (Fsp3) is 0.208. The van der Waals surface area contributed by atoms with E-state index in [4.69, 9.17) is 0 Å². The number of benzene rings is 3. The monoisotopic (exact) mass is 326 g/mol. The van der Waals surface area contributed by atoms with Gasteiger partial charge in [0.05, 0.1) is 0 Å². The van der Waals surface area contributed by atoms with Gasteiger partial charge in [-0.05, 0) is 58.0 Å². The van der Waals surface area contributed by atoms with Gasteiger partial charge >= 0.3 is 0 Å². The molecule has 0 bridgehead atoms. The zero-order valence-electron chi connectivity index (χ0n) is 14.4. The normalized spacial score (nSPS) is 17.6. The molecule has 0 radical (unpaired) electrons. The lowest BCUT2D eigenvalue weighted by atomic mass is 9.80. The number of ketones is 1. The summed E-state index contributed by atoms with van der Waals surface area (Å²) in [7, 11) is 0. The molecule has 1 saturated carbocycles. The second-order valence-corrected chi connectivity index (χ2v) is 6.84. The van der Waals surface area contributed by atoms with Crippen LogP contribution in [0.2, 0.25) is 0 Å². The maximum absolute atomic E-state index is 12.6. The van der Waals surface area contributed by atoms with Crippen molar-refractivity contribution in [1.29, 1.82) is 0 Å². The van der Waals surface area contributed by atoms with Gasteiger partial charge in [-0.1, -0.05) is 67.6 Å². The molecule has 0 aromatic heterocycles. The van der Waals surface area contributed by atoms with Crippen LogP contribution in [-0.4, -0.2) is 5.78 Å². The molecule has 1 nitrogen and oxygen atoms in total. The molecule has 0 heterocycles. The zero-order valence-corrected chi connectivity index (χ0v) is 14.4. The van der Waals surface area contributed by atoms with E-state index in [0.29, 0.717) is 12.2 Å². The van der Waals surface area contributed by atoms with Crippen LogP contribution in [0, 0.1) is 0 Å². The van der Waals surface area contributed by atoms with Gasteiger partial charge in [0.25, 0.3) is 0 Å². The van der Waals surface area contributed by atoms with E-state index in [9.17, 15) is 4.79 Å². The van der Waals surface area contributed by atoms with Gasteiger partial charge < -0.3 is 0 Å². The van der Waals surface area contributed by atoms with Gasteiger partial charge in [0.1, 0.15) is 5.78 Å². The molecule has 1 unspecified atom stereocenters. The molecule has 1 heteroatoms. The maximum Gasteiger partial charge on any atom is 0.140 e. The van der Waals surface area contributed by atoms with E-state index in [0.717, 1.165) is 24.8 Å². The van der Waals surface area contributed by atoms with Crippen molar-refractivity contribution in [3.05, 3.63) is 78.4 Å². The summed E-state index contributed by atoms with van der Waals surface area (Å²) < 4.78 is 0. The number of rotatable bonds is 3. The molecular formula is C24H22O. The number of hydrogen-bond acceptors (Lipinski definition) is 1. The van der Waals surface area contributed by atoms with E-state index in [2.05, 4.69) is 61.2 Å². The highest BCUT2D eigenvalue weighted by atomic mass is 16.1. The molecular weight excluding hydrogens is 304 g/mol. The van der Waals surface area contributed by atoms with E-state index in [1.54, 1.807) is 0 Å². The van der Waals surface area contributed by atoms with E-state index < -0.39 is 0 Å².